The highest BCUT2D eigenvalue weighted by molar-refractivity contribution is 7.92. The maximum Gasteiger partial charge on any atom is 0.289 e. The number of nitro groups is 1. The number of likely N-dealkylation sites (tertiary alicyclic amines) is 1. The number of anilines is 1. The van der Waals surface area contributed by atoms with E-state index in [-0.39, 0.29) is 16.7 Å². The van der Waals surface area contributed by atoms with Gasteiger partial charge in [-0.1, -0.05) is 12.1 Å². The highest BCUT2D eigenvalue weighted by atomic mass is 32.2. The number of halogens is 1. The van der Waals surface area contributed by atoms with Gasteiger partial charge in [-0.3, -0.25) is 14.8 Å². The second-order valence-corrected chi connectivity index (χ2v) is 10.5. The molecule has 0 spiro atoms. The molecule has 1 aliphatic heterocycles. The molecule has 1 saturated heterocycles. The Balaban J connectivity index is 0.00000353. The summed E-state index contributed by atoms with van der Waals surface area (Å²) in [7, 11) is -4.33. The van der Waals surface area contributed by atoms with Crippen LogP contribution in [0.15, 0.2) is 65.8 Å². The van der Waals surface area contributed by atoms with E-state index in [4.69, 9.17) is 4.74 Å². The van der Waals surface area contributed by atoms with Crippen LogP contribution in [0.3, 0.4) is 0 Å². The lowest BCUT2D eigenvalue weighted by Gasteiger charge is -2.14. The minimum absolute atomic E-state index is 0. The summed E-state index contributed by atoms with van der Waals surface area (Å²) in [5.41, 5.74) is 0.174. The molecule has 0 aliphatic carbocycles. The van der Waals surface area contributed by atoms with Gasteiger partial charge in [-0.2, -0.15) is 10.1 Å². The summed E-state index contributed by atoms with van der Waals surface area (Å²) in [6, 6.07) is 10.3. The zero-order chi connectivity index (χ0) is 26.7. The van der Waals surface area contributed by atoms with Crippen LogP contribution in [-0.2, 0) is 10.0 Å². The van der Waals surface area contributed by atoms with Gasteiger partial charge in [0, 0.05) is 41.7 Å². The van der Waals surface area contributed by atoms with Gasteiger partial charge in [-0.05, 0) is 56.6 Å². The van der Waals surface area contributed by atoms with Crippen LogP contribution < -0.4 is 9.46 Å². The SMILES string of the molecule is O.O=[N+]([O-])c1ccccc1S(=O)(=O)Nc1ccc(F)c(-c2cnn3ccc(OCCCN4CCCC4)nc23)c1. The summed E-state index contributed by atoms with van der Waals surface area (Å²) in [4.78, 5) is 16.9. The van der Waals surface area contributed by atoms with E-state index < -0.39 is 31.3 Å². The molecule has 3 heterocycles. The van der Waals surface area contributed by atoms with Gasteiger partial charge >= 0.3 is 0 Å². The molecule has 0 saturated carbocycles. The number of nitrogens with zero attached hydrogens (tertiary/aromatic N) is 5. The van der Waals surface area contributed by atoms with Crippen molar-refractivity contribution in [1.82, 2.24) is 19.5 Å². The van der Waals surface area contributed by atoms with Crippen molar-refractivity contribution in [3.8, 4) is 17.0 Å². The number of para-hydroxylation sites is 1. The largest absolute Gasteiger partial charge is 0.478 e. The van der Waals surface area contributed by atoms with Gasteiger partial charge in [-0.15, -0.1) is 0 Å². The smallest absolute Gasteiger partial charge is 0.289 e. The number of hydrogen-bond acceptors (Lipinski definition) is 8. The van der Waals surface area contributed by atoms with Crippen LogP contribution >= 0.6 is 0 Å². The van der Waals surface area contributed by atoms with E-state index in [9.17, 15) is 22.9 Å². The number of aromatic nitrogens is 3. The van der Waals surface area contributed by atoms with Crippen molar-refractivity contribution in [2.24, 2.45) is 0 Å². The van der Waals surface area contributed by atoms with Gasteiger partial charge in [0.2, 0.25) is 5.88 Å². The molecule has 2 aromatic carbocycles. The van der Waals surface area contributed by atoms with Crippen molar-refractivity contribution in [3.63, 3.8) is 0 Å². The molecule has 1 aliphatic rings. The van der Waals surface area contributed by atoms with Gasteiger partial charge in [0.15, 0.2) is 10.5 Å². The van der Waals surface area contributed by atoms with E-state index in [0.29, 0.717) is 23.7 Å². The van der Waals surface area contributed by atoms with E-state index in [2.05, 4.69) is 19.7 Å². The van der Waals surface area contributed by atoms with Crippen molar-refractivity contribution >= 4 is 27.0 Å². The predicted molar refractivity (Wildman–Crippen MR) is 142 cm³/mol. The van der Waals surface area contributed by atoms with E-state index >= 15 is 0 Å². The van der Waals surface area contributed by atoms with Gasteiger partial charge in [-0.25, -0.2) is 17.3 Å². The zero-order valence-electron chi connectivity index (χ0n) is 20.8. The van der Waals surface area contributed by atoms with Crippen LogP contribution in [-0.4, -0.2) is 64.6 Å². The highest BCUT2D eigenvalue weighted by Crippen LogP contribution is 2.31. The summed E-state index contributed by atoms with van der Waals surface area (Å²) in [6.07, 6.45) is 6.40. The quantitative estimate of drug-likeness (QED) is 0.176. The molecule has 3 N–H and O–H groups in total. The Morgan fingerprint density at radius 2 is 1.87 bits per heavy atom. The summed E-state index contributed by atoms with van der Waals surface area (Å²) < 4.78 is 50.3. The van der Waals surface area contributed by atoms with Crippen molar-refractivity contribution in [2.45, 2.75) is 24.2 Å². The molecule has 14 heteroatoms. The van der Waals surface area contributed by atoms with Crippen molar-refractivity contribution in [3.05, 3.63) is 76.9 Å². The number of sulfonamides is 1. The number of benzene rings is 2. The second kappa shape index (κ2) is 11.7. The van der Waals surface area contributed by atoms with Gasteiger partial charge < -0.3 is 15.1 Å². The predicted octanol–water partition coefficient (Wildman–Crippen LogP) is 3.28. The first-order valence-corrected chi connectivity index (χ1v) is 13.6. The molecular weight excluding hydrogens is 531 g/mol. The number of hydrogen-bond donors (Lipinski definition) is 1. The fourth-order valence-corrected chi connectivity index (χ4v) is 5.66. The van der Waals surface area contributed by atoms with Crippen LogP contribution in [0.25, 0.3) is 16.8 Å². The topological polar surface area (TPSA) is 163 Å². The number of ether oxygens (including phenoxy) is 1. The molecule has 0 bridgehead atoms. The van der Waals surface area contributed by atoms with Crippen LogP contribution in [0.5, 0.6) is 5.88 Å². The summed E-state index contributed by atoms with van der Waals surface area (Å²) >= 11 is 0. The first-order chi connectivity index (χ1) is 18.3. The third-order valence-electron chi connectivity index (χ3n) is 6.27. The van der Waals surface area contributed by atoms with Crippen molar-refractivity contribution in [2.75, 3.05) is 31.0 Å². The molecule has 5 rings (SSSR count). The Morgan fingerprint density at radius 1 is 1.10 bits per heavy atom. The fourth-order valence-electron chi connectivity index (χ4n) is 4.43. The molecule has 0 atom stereocenters. The van der Waals surface area contributed by atoms with E-state index in [1.165, 1.54) is 47.8 Å². The molecule has 1 fully saturated rings. The number of nitrogens with one attached hydrogen (secondary N) is 1. The zero-order valence-corrected chi connectivity index (χ0v) is 21.6. The third kappa shape index (κ3) is 6.13. The van der Waals surface area contributed by atoms with E-state index in [1.807, 2.05) is 0 Å². The van der Waals surface area contributed by atoms with Crippen molar-refractivity contribution < 1.29 is 27.9 Å². The normalized spacial score (nSPS) is 13.8. The molecule has 12 nitrogen and oxygen atoms in total. The summed E-state index contributed by atoms with van der Waals surface area (Å²) in [5.74, 6) is -0.249. The third-order valence-corrected chi connectivity index (χ3v) is 7.70. The highest BCUT2D eigenvalue weighted by Gasteiger charge is 2.26. The Labute approximate surface area is 223 Å². The van der Waals surface area contributed by atoms with E-state index in [1.54, 1.807) is 12.3 Å². The first-order valence-electron chi connectivity index (χ1n) is 12.1. The molecule has 0 amide bonds. The van der Waals surface area contributed by atoms with Crippen LogP contribution in [0.1, 0.15) is 19.3 Å². The molecule has 206 valence electrons. The lowest BCUT2D eigenvalue weighted by molar-refractivity contribution is -0.387. The average Bonchev–Trinajstić information content (AvgIpc) is 3.57. The van der Waals surface area contributed by atoms with Gasteiger partial charge in [0.05, 0.1) is 17.7 Å². The average molecular weight is 559 g/mol. The first kappa shape index (κ1) is 27.9. The molecule has 39 heavy (non-hydrogen) atoms. The standard InChI is InChI=1S/C25H25FN6O5S.H2O/c26-21-9-8-18(29-38(35,36)23-7-2-1-6-22(23)32(33)34)16-19(21)20-17-27-31-14-10-24(28-25(20)31)37-15-5-13-30-11-3-4-12-30;/h1-2,6-10,14,16-17,29H,3-5,11-13,15H2;1H2. The minimum atomic E-state index is -4.33. The Hall–Kier alpha value is -4.14. The van der Waals surface area contributed by atoms with Crippen LogP contribution in [0.4, 0.5) is 15.8 Å². The number of rotatable bonds is 10. The van der Waals surface area contributed by atoms with Crippen LogP contribution in [0.2, 0.25) is 0 Å². The molecular formula is C25H27FN6O6S. The molecule has 2 aromatic heterocycles. The number of fused-ring (bicyclic) bond motifs is 1. The van der Waals surface area contributed by atoms with Crippen LogP contribution in [0, 0.1) is 15.9 Å². The van der Waals surface area contributed by atoms with Gasteiger partial charge in [0.25, 0.3) is 15.7 Å². The second-order valence-electron chi connectivity index (χ2n) is 8.87. The fraction of sp³-hybridized carbons (Fsp3) is 0.280. The molecule has 0 radical (unpaired) electrons. The maximum atomic E-state index is 14.9. The Bertz CT molecular complexity index is 1590. The Kier molecular flexibility index (Phi) is 8.38. The lowest BCUT2D eigenvalue weighted by atomic mass is 10.1. The molecule has 0 unspecified atom stereocenters. The Morgan fingerprint density at radius 3 is 2.64 bits per heavy atom. The summed E-state index contributed by atoms with van der Waals surface area (Å²) in [5, 5.41) is 15.5. The minimum Gasteiger partial charge on any atom is -0.478 e. The van der Waals surface area contributed by atoms with Crippen molar-refractivity contribution in [1.29, 1.82) is 0 Å². The molecule has 4 aromatic rings. The van der Waals surface area contributed by atoms with E-state index in [0.717, 1.165) is 44.3 Å². The van der Waals surface area contributed by atoms with Gasteiger partial charge in [0.1, 0.15) is 5.82 Å². The lowest BCUT2D eigenvalue weighted by Crippen LogP contribution is -2.22. The monoisotopic (exact) mass is 558 g/mol. The number of nitro benzene ring substituents is 1. The maximum absolute atomic E-state index is 14.9. The summed E-state index contributed by atoms with van der Waals surface area (Å²) in [6.45, 7) is 3.68.